The first-order chi connectivity index (χ1) is 13.7. The molecule has 0 spiro atoms. The van der Waals surface area contributed by atoms with Gasteiger partial charge in [0.25, 0.3) is 5.91 Å². The van der Waals surface area contributed by atoms with Crippen molar-refractivity contribution < 1.29 is 9.59 Å². The van der Waals surface area contributed by atoms with Gasteiger partial charge in [0.1, 0.15) is 5.69 Å². The molecule has 6 heteroatoms. The van der Waals surface area contributed by atoms with Gasteiger partial charge < -0.3 is 15.5 Å². The molecule has 2 heterocycles. The van der Waals surface area contributed by atoms with Gasteiger partial charge in [-0.2, -0.15) is 0 Å². The number of pyridine rings is 1. The van der Waals surface area contributed by atoms with Crippen molar-refractivity contribution in [1.29, 1.82) is 0 Å². The highest BCUT2D eigenvalue weighted by molar-refractivity contribution is 5.92. The Labute approximate surface area is 166 Å². The minimum atomic E-state index is -0.0286. The fraction of sp³-hybridized carbons (Fsp3) is 0.409. The third kappa shape index (κ3) is 5.89. The molecule has 3 rings (SSSR count). The summed E-state index contributed by atoms with van der Waals surface area (Å²) in [6, 6.07) is 15.4. The minimum Gasteiger partial charge on any atom is -0.356 e. The van der Waals surface area contributed by atoms with E-state index in [0.717, 1.165) is 31.4 Å². The molecule has 0 aliphatic carbocycles. The minimum absolute atomic E-state index is 0.0260. The van der Waals surface area contributed by atoms with Crippen molar-refractivity contribution >= 4 is 11.8 Å². The summed E-state index contributed by atoms with van der Waals surface area (Å²) in [5.41, 5.74) is 1.59. The number of nitrogens with one attached hydrogen (secondary N) is 2. The van der Waals surface area contributed by atoms with E-state index >= 15 is 0 Å². The van der Waals surface area contributed by atoms with E-state index in [4.69, 9.17) is 0 Å². The monoisotopic (exact) mass is 380 g/mol. The summed E-state index contributed by atoms with van der Waals surface area (Å²) in [6.07, 6.45) is 4.59. The van der Waals surface area contributed by atoms with Crippen LogP contribution >= 0.6 is 0 Å². The van der Waals surface area contributed by atoms with Crippen molar-refractivity contribution in [3.05, 3.63) is 66.0 Å². The Kier molecular flexibility index (Phi) is 7.55. The predicted molar refractivity (Wildman–Crippen MR) is 109 cm³/mol. The molecule has 1 aromatic carbocycles. The van der Waals surface area contributed by atoms with Crippen molar-refractivity contribution in [2.45, 2.75) is 31.7 Å². The zero-order valence-corrected chi connectivity index (χ0v) is 16.1. The fourth-order valence-corrected chi connectivity index (χ4v) is 3.42. The number of rotatable bonds is 2. The molecule has 1 aliphatic heterocycles. The van der Waals surface area contributed by atoms with Gasteiger partial charge in [-0.3, -0.25) is 14.6 Å². The van der Waals surface area contributed by atoms with Crippen molar-refractivity contribution in [1.82, 2.24) is 20.5 Å². The molecule has 2 N–H and O–H groups in total. The van der Waals surface area contributed by atoms with E-state index in [2.05, 4.69) is 15.6 Å². The lowest BCUT2D eigenvalue weighted by Gasteiger charge is -2.23. The SMILES string of the molecule is O=C1CC(c2ccccc2)NCCCN(C(=O)c2ccccn2)CCCCN1. The van der Waals surface area contributed by atoms with E-state index in [-0.39, 0.29) is 17.9 Å². The summed E-state index contributed by atoms with van der Waals surface area (Å²) < 4.78 is 0. The molecule has 1 unspecified atom stereocenters. The third-order valence-corrected chi connectivity index (χ3v) is 4.94. The van der Waals surface area contributed by atoms with Crippen molar-refractivity contribution in [2.75, 3.05) is 26.2 Å². The Bertz CT molecular complexity index is 752. The van der Waals surface area contributed by atoms with E-state index in [1.54, 1.807) is 12.3 Å². The number of hydrogen-bond acceptors (Lipinski definition) is 4. The van der Waals surface area contributed by atoms with Crippen LogP contribution < -0.4 is 10.6 Å². The average Bonchev–Trinajstić information content (AvgIpc) is 2.76. The first-order valence-corrected chi connectivity index (χ1v) is 9.99. The second-order valence-electron chi connectivity index (χ2n) is 7.04. The fourth-order valence-electron chi connectivity index (χ4n) is 3.42. The van der Waals surface area contributed by atoms with E-state index in [1.165, 1.54) is 0 Å². The topological polar surface area (TPSA) is 74.3 Å². The summed E-state index contributed by atoms with van der Waals surface area (Å²) in [5.74, 6) is 0.0288. The lowest BCUT2D eigenvalue weighted by molar-refractivity contribution is -0.121. The van der Waals surface area contributed by atoms with Crippen LogP contribution in [0.25, 0.3) is 0 Å². The van der Waals surface area contributed by atoms with Gasteiger partial charge in [-0.15, -0.1) is 0 Å². The molecule has 28 heavy (non-hydrogen) atoms. The molecule has 1 fully saturated rings. The van der Waals surface area contributed by atoms with Crippen LogP contribution in [-0.4, -0.2) is 47.9 Å². The normalized spacial score (nSPS) is 19.6. The Morgan fingerprint density at radius 2 is 1.75 bits per heavy atom. The molecule has 0 bridgehead atoms. The number of amides is 2. The van der Waals surface area contributed by atoms with Crippen molar-refractivity contribution in [3.8, 4) is 0 Å². The molecule has 0 radical (unpaired) electrons. The lowest BCUT2D eigenvalue weighted by Crippen LogP contribution is -2.35. The predicted octanol–water partition coefficient (Wildman–Crippen LogP) is 2.54. The number of hydrogen-bond donors (Lipinski definition) is 2. The van der Waals surface area contributed by atoms with Gasteiger partial charge in [-0.05, 0) is 43.5 Å². The van der Waals surface area contributed by atoms with Gasteiger partial charge >= 0.3 is 0 Å². The molecular weight excluding hydrogens is 352 g/mol. The number of aromatic nitrogens is 1. The molecule has 1 aromatic heterocycles. The first kappa shape index (κ1) is 20.0. The van der Waals surface area contributed by atoms with Gasteiger partial charge in [0.2, 0.25) is 5.91 Å². The second kappa shape index (κ2) is 10.6. The maximum Gasteiger partial charge on any atom is 0.272 e. The molecular formula is C22H28N4O2. The number of nitrogens with zero attached hydrogens (tertiary/aromatic N) is 2. The van der Waals surface area contributed by atoms with Gasteiger partial charge in [0.15, 0.2) is 0 Å². The van der Waals surface area contributed by atoms with Crippen LogP contribution in [-0.2, 0) is 4.79 Å². The molecule has 148 valence electrons. The third-order valence-electron chi connectivity index (χ3n) is 4.94. The molecule has 2 amide bonds. The summed E-state index contributed by atoms with van der Waals surface area (Å²) in [7, 11) is 0. The van der Waals surface area contributed by atoms with Gasteiger partial charge in [0.05, 0.1) is 0 Å². The van der Waals surface area contributed by atoms with Crippen LogP contribution in [0.3, 0.4) is 0 Å². The largest absolute Gasteiger partial charge is 0.356 e. The molecule has 1 aliphatic rings. The molecule has 0 saturated carbocycles. The van der Waals surface area contributed by atoms with Crippen LogP contribution in [0.4, 0.5) is 0 Å². The maximum absolute atomic E-state index is 12.8. The lowest BCUT2D eigenvalue weighted by atomic mass is 10.0. The summed E-state index contributed by atoms with van der Waals surface area (Å²) in [5, 5.41) is 6.49. The first-order valence-electron chi connectivity index (χ1n) is 9.99. The number of carbonyl (C=O) groups is 2. The smallest absolute Gasteiger partial charge is 0.272 e. The number of benzene rings is 1. The van der Waals surface area contributed by atoms with Crippen LogP contribution in [0.15, 0.2) is 54.7 Å². The standard InChI is InChI=1S/C22H28N4O2/c27-21-17-20(18-9-2-1-3-10-18)24-14-8-16-26(15-7-6-13-25-21)22(28)19-11-4-5-12-23-19/h1-5,9-12,20,24H,6-8,13-17H2,(H,25,27). The van der Waals surface area contributed by atoms with Crippen LogP contribution in [0, 0.1) is 0 Å². The Morgan fingerprint density at radius 1 is 0.964 bits per heavy atom. The van der Waals surface area contributed by atoms with E-state index < -0.39 is 0 Å². The van der Waals surface area contributed by atoms with E-state index in [1.807, 2.05) is 47.4 Å². The van der Waals surface area contributed by atoms with Gasteiger partial charge in [-0.1, -0.05) is 36.4 Å². The Balaban J connectivity index is 1.66. The summed E-state index contributed by atoms with van der Waals surface area (Å²) >= 11 is 0. The van der Waals surface area contributed by atoms with E-state index in [9.17, 15) is 9.59 Å². The average molecular weight is 380 g/mol. The van der Waals surface area contributed by atoms with Crippen molar-refractivity contribution in [3.63, 3.8) is 0 Å². The van der Waals surface area contributed by atoms with Gasteiger partial charge in [-0.25, -0.2) is 0 Å². The second-order valence-corrected chi connectivity index (χ2v) is 7.04. The molecule has 6 nitrogen and oxygen atoms in total. The highest BCUT2D eigenvalue weighted by atomic mass is 16.2. The number of carbonyl (C=O) groups excluding carboxylic acids is 2. The van der Waals surface area contributed by atoms with Crippen molar-refractivity contribution in [2.24, 2.45) is 0 Å². The molecule has 2 aromatic rings. The zero-order chi connectivity index (χ0) is 19.6. The van der Waals surface area contributed by atoms with Gasteiger partial charge in [0, 0.05) is 38.3 Å². The maximum atomic E-state index is 12.8. The zero-order valence-electron chi connectivity index (χ0n) is 16.1. The quantitative estimate of drug-likeness (QED) is 0.840. The summed E-state index contributed by atoms with van der Waals surface area (Å²) in [4.78, 5) is 31.2. The molecule has 1 atom stereocenters. The van der Waals surface area contributed by atoms with Crippen LogP contribution in [0.2, 0.25) is 0 Å². The van der Waals surface area contributed by atoms with Crippen LogP contribution in [0.1, 0.15) is 47.8 Å². The highest BCUT2D eigenvalue weighted by Gasteiger charge is 2.19. The Hall–Kier alpha value is -2.73. The summed E-state index contributed by atoms with van der Waals surface area (Å²) in [6.45, 7) is 2.71. The Morgan fingerprint density at radius 3 is 2.54 bits per heavy atom. The van der Waals surface area contributed by atoms with E-state index in [0.29, 0.717) is 31.7 Å². The highest BCUT2D eigenvalue weighted by Crippen LogP contribution is 2.17. The van der Waals surface area contributed by atoms with Crippen LogP contribution in [0.5, 0.6) is 0 Å². The molecule has 1 saturated heterocycles.